The maximum Gasteiger partial charge on any atom is 0.416 e. The molecule has 0 saturated heterocycles. The highest BCUT2D eigenvalue weighted by atomic mass is 32.2. The van der Waals surface area contributed by atoms with Gasteiger partial charge in [-0.05, 0) is 24.6 Å². The van der Waals surface area contributed by atoms with E-state index in [1.807, 2.05) is 0 Å². The van der Waals surface area contributed by atoms with Gasteiger partial charge in [0.1, 0.15) is 0 Å². The van der Waals surface area contributed by atoms with Gasteiger partial charge < -0.3 is 9.64 Å². The average Bonchev–Trinajstić information content (AvgIpc) is 2.55. The maximum atomic E-state index is 12.6. The van der Waals surface area contributed by atoms with Crippen LogP contribution >= 0.6 is 0 Å². The molecule has 0 heterocycles. The molecule has 0 aromatic heterocycles. The molecule has 0 aliphatic carbocycles. The van der Waals surface area contributed by atoms with E-state index in [1.165, 1.54) is 19.0 Å². The van der Waals surface area contributed by atoms with Crippen molar-refractivity contribution in [2.45, 2.75) is 23.9 Å². The van der Waals surface area contributed by atoms with E-state index in [2.05, 4.69) is 4.72 Å². The molecule has 1 aromatic carbocycles. The Morgan fingerprint density at radius 1 is 1.23 bits per heavy atom. The number of nitrogens with zero attached hydrogens (tertiary/aromatic N) is 1. The molecule has 0 bridgehead atoms. The minimum absolute atomic E-state index is 0.0627. The molecule has 0 spiro atoms. The number of esters is 1. The van der Waals surface area contributed by atoms with Crippen LogP contribution < -0.4 is 4.72 Å². The zero-order valence-corrected chi connectivity index (χ0v) is 15.0. The molecule has 0 aliphatic rings. The molecule has 0 atom stereocenters. The number of alkyl halides is 3. The van der Waals surface area contributed by atoms with Crippen molar-refractivity contribution in [1.29, 1.82) is 0 Å². The lowest BCUT2D eigenvalue weighted by Crippen LogP contribution is -2.28. The molecule has 1 N–H and O–H groups in total. The summed E-state index contributed by atoms with van der Waals surface area (Å²) in [4.78, 5) is 23.4. The first-order valence-corrected chi connectivity index (χ1v) is 8.94. The number of rotatable bonds is 8. The normalized spacial score (nSPS) is 11.9. The van der Waals surface area contributed by atoms with Crippen molar-refractivity contribution < 1.29 is 35.9 Å². The minimum atomic E-state index is -4.65. The number of likely N-dealkylation sites (N-methyl/N-ethyl adjacent to an activating group) is 1. The Bertz CT molecular complexity index is 748. The number of amides is 1. The third-order valence-corrected chi connectivity index (χ3v) is 4.64. The first kappa shape index (κ1) is 21.9. The number of hydrogen-bond donors (Lipinski definition) is 1. The maximum absolute atomic E-state index is 12.6. The first-order chi connectivity index (χ1) is 11.9. The van der Waals surface area contributed by atoms with Crippen LogP contribution in [0.5, 0.6) is 0 Å². The second-order valence-corrected chi connectivity index (χ2v) is 7.24. The van der Waals surface area contributed by atoms with Gasteiger partial charge in [-0.2, -0.15) is 13.2 Å². The molecule has 0 fully saturated rings. The van der Waals surface area contributed by atoms with Crippen LogP contribution in [0.25, 0.3) is 0 Å². The number of ether oxygens (including phenoxy) is 1. The molecule has 146 valence electrons. The SMILES string of the molecule is CN(C)C(=O)COC(=O)CCCNS(=O)(=O)c1cccc(C(F)(F)F)c1. The van der Waals surface area contributed by atoms with Crippen molar-refractivity contribution in [3.05, 3.63) is 29.8 Å². The van der Waals surface area contributed by atoms with Crippen LogP contribution in [0, 0.1) is 0 Å². The zero-order valence-electron chi connectivity index (χ0n) is 14.2. The van der Waals surface area contributed by atoms with Gasteiger partial charge in [0.05, 0.1) is 10.5 Å². The molecule has 0 aliphatic heterocycles. The molecule has 0 unspecified atom stereocenters. The summed E-state index contributed by atoms with van der Waals surface area (Å²) in [7, 11) is -1.14. The predicted octanol–water partition coefficient (Wildman–Crippen LogP) is 1.40. The van der Waals surface area contributed by atoms with Crippen LogP contribution in [0.1, 0.15) is 18.4 Å². The summed E-state index contributed by atoms with van der Waals surface area (Å²) in [5.41, 5.74) is -1.07. The number of halogens is 3. The van der Waals surface area contributed by atoms with Crippen molar-refractivity contribution in [3.8, 4) is 0 Å². The van der Waals surface area contributed by atoms with Crippen molar-refractivity contribution >= 4 is 21.9 Å². The summed E-state index contributed by atoms with van der Waals surface area (Å²) < 4.78 is 68.7. The highest BCUT2D eigenvalue weighted by Gasteiger charge is 2.31. The Balaban J connectivity index is 2.50. The van der Waals surface area contributed by atoms with Gasteiger partial charge in [0.25, 0.3) is 5.91 Å². The van der Waals surface area contributed by atoms with E-state index in [-0.39, 0.29) is 19.4 Å². The number of hydrogen-bond acceptors (Lipinski definition) is 5. The summed E-state index contributed by atoms with van der Waals surface area (Å²) >= 11 is 0. The van der Waals surface area contributed by atoms with Crippen LogP contribution in [0.4, 0.5) is 13.2 Å². The van der Waals surface area contributed by atoms with Gasteiger partial charge in [-0.1, -0.05) is 6.07 Å². The first-order valence-electron chi connectivity index (χ1n) is 7.46. The van der Waals surface area contributed by atoms with E-state index in [1.54, 1.807) is 0 Å². The van der Waals surface area contributed by atoms with E-state index in [0.29, 0.717) is 6.07 Å². The summed E-state index contributed by atoms with van der Waals surface area (Å²) in [6.07, 6.45) is -4.74. The van der Waals surface area contributed by atoms with Crippen molar-refractivity contribution in [2.24, 2.45) is 0 Å². The molecule has 1 aromatic rings. The largest absolute Gasteiger partial charge is 0.456 e. The number of carbonyl (C=O) groups is 2. The number of carbonyl (C=O) groups excluding carboxylic acids is 2. The highest BCUT2D eigenvalue weighted by molar-refractivity contribution is 7.89. The second kappa shape index (κ2) is 8.99. The number of sulfonamides is 1. The third kappa shape index (κ3) is 7.00. The fraction of sp³-hybridized carbons (Fsp3) is 0.467. The molecule has 0 saturated carbocycles. The molecule has 26 heavy (non-hydrogen) atoms. The summed E-state index contributed by atoms with van der Waals surface area (Å²) in [5, 5.41) is 0. The Morgan fingerprint density at radius 2 is 1.88 bits per heavy atom. The smallest absolute Gasteiger partial charge is 0.416 e. The summed E-state index contributed by atoms with van der Waals surface area (Å²) in [6.45, 7) is -0.586. The minimum Gasteiger partial charge on any atom is -0.456 e. The van der Waals surface area contributed by atoms with E-state index >= 15 is 0 Å². The monoisotopic (exact) mass is 396 g/mol. The Morgan fingerprint density at radius 3 is 2.46 bits per heavy atom. The highest BCUT2D eigenvalue weighted by Crippen LogP contribution is 2.30. The van der Waals surface area contributed by atoms with Crippen molar-refractivity contribution in [2.75, 3.05) is 27.2 Å². The predicted molar refractivity (Wildman–Crippen MR) is 85.5 cm³/mol. The molecular formula is C15H19F3N2O5S. The third-order valence-electron chi connectivity index (χ3n) is 3.18. The van der Waals surface area contributed by atoms with Gasteiger partial charge in [0.15, 0.2) is 6.61 Å². The van der Waals surface area contributed by atoms with Gasteiger partial charge in [-0.3, -0.25) is 9.59 Å². The second-order valence-electron chi connectivity index (χ2n) is 5.48. The average molecular weight is 396 g/mol. The van der Waals surface area contributed by atoms with Gasteiger partial charge in [-0.25, -0.2) is 13.1 Å². The summed E-state index contributed by atoms with van der Waals surface area (Å²) in [6, 6.07) is 3.34. The molecule has 1 amide bonds. The van der Waals surface area contributed by atoms with Crippen LogP contribution in [0.3, 0.4) is 0 Å². The molecule has 11 heteroatoms. The van der Waals surface area contributed by atoms with Crippen LogP contribution in [-0.2, 0) is 30.5 Å². The van der Waals surface area contributed by atoms with Gasteiger partial charge >= 0.3 is 12.1 Å². The quantitative estimate of drug-likeness (QED) is 0.530. The van der Waals surface area contributed by atoms with Crippen molar-refractivity contribution in [1.82, 2.24) is 9.62 Å². The van der Waals surface area contributed by atoms with Crippen LogP contribution in [0.2, 0.25) is 0 Å². The van der Waals surface area contributed by atoms with E-state index in [9.17, 15) is 31.2 Å². The summed E-state index contributed by atoms with van der Waals surface area (Å²) in [5.74, 6) is -1.08. The topological polar surface area (TPSA) is 92.8 Å². The lowest BCUT2D eigenvalue weighted by molar-refractivity contribution is -0.151. The Labute approximate surface area is 149 Å². The molecule has 1 rings (SSSR count). The molecular weight excluding hydrogens is 377 g/mol. The number of benzene rings is 1. The van der Waals surface area contributed by atoms with E-state index in [4.69, 9.17) is 4.74 Å². The molecule has 0 radical (unpaired) electrons. The fourth-order valence-corrected chi connectivity index (χ4v) is 2.83. The van der Waals surface area contributed by atoms with E-state index < -0.39 is 45.1 Å². The van der Waals surface area contributed by atoms with Gasteiger partial charge in [0.2, 0.25) is 10.0 Å². The molecule has 7 nitrogen and oxygen atoms in total. The Hall–Kier alpha value is -2.14. The van der Waals surface area contributed by atoms with Gasteiger partial charge in [0, 0.05) is 27.1 Å². The fourth-order valence-electron chi connectivity index (χ4n) is 1.71. The van der Waals surface area contributed by atoms with Gasteiger partial charge in [-0.15, -0.1) is 0 Å². The number of nitrogens with one attached hydrogen (secondary N) is 1. The van der Waals surface area contributed by atoms with Crippen LogP contribution in [0.15, 0.2) is 29.2 Å². The lowest BCUT2D eigenvalue weighted by atomic mass is 10.2. The standard InChI is InChI=1S/C15H19F3N2O5S/c1-20(2)13(21)10-25-14(22)7-4-8-19-26(23,24)12-6-3-5-11(9-12)15(16,17)18/h3,5-6,9,19H,4,7-8,10H2,1-2H3. The van der Waals surface area contributed by atoms with Crippen LogP contribution in [-0.4, -0.2) is 52.4 Å². The lowest BCUT2D eigenvalue weighted by Gasteiger charge is -2.11. The Kier molecular flexibility index (Phi) is 7.57. The van der Waals surface area contributed by atoms with E-state index in [0.717, 1.165) is 18.2 Å². The van der Waals surface area contributed by atoms with Crippen molar-refractivity contribution in [3.63, 3.8) is 0 Å². The zero-order chi connectivity index (χ0) is 20.0.